The molecule has 2 unspecified atom stereocenters. The second kappa shape index (κ2) is 5.28. The van der Waals surface area contributed by atoms with Crippen molar-refractivity contribution in [3.8, 4) is 6.07 Å². The quantitative estimate of drug-likeness (QED) is 0.715. The Morgan fingerprint density at radius 2 is 2.24 bits per heavy atom. The number of nitrogens with zero attached hydrogens (tertiary/aromatic N) is 1. The van der Waals surface area contributed by atoms with Crippen LogP contribution in [-0.2, 0) is 13.0 Å². The Hall–Kier alpha value is -1.41. The van der Waals surface area contributed by atoms with Crippen molar-refractivity contribution in [2.24, 2.45) is 0 Å². The predicted molar refractivity (Wildman–Crippen MR) is 63.0 cm³/mol. The minimum Gasteiger partial charge on any atom is -0.389 e. The topological polar surface area (TPSA) is 76.3 Å². The minimum absolute atomic E-state index is 0.0525. The summed E-state index contributed by atoms with van der Waals surface area (Å²) in [6, 6.07) is 7.61. The number of nitrogens with one attached hydrogen (secondary N) is 1. The highest BCUT2D eigenvalue weighted by molar-refractivity contribution is 5.38. The molecular weight excluding hydrogens is 216 g/mol. The third kappa shape index (κ3) is 2.47. The van der Waals surface area contributed by atoms with Gasteiger partial charge in [0.1, 0.15) is 6.10 Å². The van der Waals surface area contributed by atoms with E-state index in [1.165, 1.54) is 0 Å². The fourth-order valence-electron chi connectivity index (χ4n) is 2.25. The van der Waals surface area contributed by atoms with Crippen molar-refractivity contribution in [2.75, 3.05) is 6.54 Å². The second-order valence-electron chi connectivity index (χ2n) is 4.29. The molecule has 0 amide bonds. The van der Waals surface area contributed by atoms with Gasteiger partial charge in [-0.05, 0) is 29.7 Å². The van der Waals surface area contributed by atoms with Gasteiger partial charge in [0.2, 0.25) is 0 Å². The van der Waals surface area contributed by atoms with Gasteiger partial charge < -0.3 is 15.5 Å². The van der Waals surface area contributed by atoms with Gasteiger partial charge in [-0.15, -0.1) is 0 Å². The molecule has 1 aromatic carbocycles. The lowest BCUT2D eigenvalue weighted by molar-refractivity contribution is 0.0210. The van der Waals surface area contributed by atoms with Crippen LogP contribution in [0, 0.1) is 11.3 Å². The SMILES string of the molecule is N#CCC(O)C(O)c1cccc2c1CCNC2. The van der Waals surface area contributed by atoms with Crippen LogP contribution in [0.5, 0.6) is 0 Å². The first-order valence-electron chi connectivity index (χ1n) is 5.78. The summed E-state index contributed by atoms with van der Waals surface area (Å²) in [5, 5.41) is 31.5. The molecule has 0 radical (unpaired) electrons. The van der Waals surface area contributed by atoms with Crippen LogP contribution in [0.1, 0.15) is 29.2 Å². The monoisotopic (exact) mass is 232 g/mol. The number of fused-ring (bicyclic) bond motifs is 1. The average molecular weight is 232 g/mol. The summed E-state index contributed by atoms with van der Waals surface area (Å²) in [6.45, 7) is 1.68. The summed E-state index contributed by atoms with van der Waals surface area (Å²) in [7, 11) is 0. The lowest BCUT2D eigenvalue weighted by Crippen LogP contribution is -2.27. The first kappa shape index (κ1) is 12.1. The highest BCUT2D eigenvalue weighted by Crippen LogP contribution is 2.27. The van der Waals surface area contributed by atoms with Gasteiger partial charge >= 0.3 is 0 Å². The lowest BCUT2D eigenvalue weighted by Gasteiger charge is -2.24. The molecule has 1 aliphatic heterocycles. The molecule has 2 rings (SSSR count). The second-order valence-corrected chi connectivity index (χ2v) is 4.29. The van der Waals surface area contributed by atoms with Crippen molar-refractivity contribution in [2.45, 2.75) is 31.6 Å². The van der Waals surface area contributed by atoms with Gasteiger partial charge in [0.05, 0.1) is 18.6 Å². The van der Waals surface area contributed by atoms with E-state index in [1.54, 1.807) is 0 Å². The van der Waals surface area contributed by atoms with Gasteiger partial charge in [0.15, 0.2) is 0 Å². The van der Waals surface area contributed by atoms with E-state index in [2.05, 4.69) is 5.32 Å². The summed E-state index contributed by atoms with van der Waals surface area (Å²) < 4.78 is 0. The molecule has 0 saturated carbocycles. The standard InChI is InChI=1S/C13H16N2O2/c14-6-4-12(16)13(17)11-3-1-2-9-8-15-7-5-10(9)11/h1-3,12-13,15-17H,4-5,7-8H2. The first-order valence-corrected chi connectivity index (χ1v) is 5.78. The molecule has 0 saturated heterocycles. The van der Waals surface area contributed by atoms with Gasteiger partial charge in [-0.1, -0.05) is 18.2 Å². The zero-order valence-corrected chi connectivity index (χ0v) is 9.56. The van der Waals surface area contributed by atoms with Crippen molar-refractivity contribution in [1.82, 2.24) is 5.32 Å². The molecule has 1 aliphatic rings. The Balaban J connectivity index is 2.29. The number of rotatable bonds is 3. The predicted octanol–water partition coefficient (Wildman–Crippen LogP) is 0.640. The Labute approximate surface area is 101 Å². The largest absolute Gasteiger partial charge is 0.389 e. The molecule has 0 aliphatic carbocycles. The summed E-state index contributed by atoms with van der Waals surface area (Å²) in [5.74, 6) is 0. The summed E-state index contributed by atoms with van der Waals surface area (Å²) in [4.78, 5) is 0. The molecule has 1 heterocycles. The molecule has 3 N–H and O–H groups in total. The molecule has 17 heavy (non-hydrogen) atoms. The Kier molecular flexibility index (Phi) is 3.75. The van der Waals surface area contributed by atoms with E-state index in [9.17, 15) is 10.2 Å². The maximum absolute atomic E-state index is 10.1. The van der Waals surface area contributed by atoms with Crippen molar-refractivity contribution in [3.63, 3.8) is 0 Å². The van der Waals surface area contributed by atoms with Crippen LogP contribution in [0.2, 0.25) is 0 Å². The molecule has 0 bridgehead atoms. The van der Waals surface area contributed by atoms with E-state index in [4.69, 9.17) is 5.26 Å². The average Bonchev–Trinajstić information content (AvgIpc) is 2.37. The van der Waals surface area contributed by atoms with Crippen molar-refractivity contribution in [3.05, 3.63) is 34.9 Å². The first-order chi connectivity index (χ1) is 8.24. The van der Waals surface area contributed by atoms with Gasteiger partial charge in [-0.3, -0.25) is 0 Å². The Morgan fingerprint density at radius 3 is 3.00 bits per heavy atom. The summed E-state index contributed by atoms with van der Waals surface area (Å²) in [5.41, 5.74) is 3.03. The summed E-state index contributed by atoms with van der Waals surface area (Å²) in [6.07, 6.45) is -1.19. The maximum Gasteiger partial charge on any atom is 0.106 e. The molecule has 2 atom stereocenters. The van der Waals surface area contributed by atoms with Gasteiger partial charge in [-0.2, -0.15) is 5.26 Å². The highest BCUT2D eigenvalue weighted by atomic mass is 16.3. The Bertz CT molecular complexity index is 440. The zero-order chi connectivity index (χ0) is 12.3. The van der Waals surface area contributed by atoms with Crippen LogP contribution < -0.4 is 5.32 Å². The number of aliphatic hydroxyl groups excluding tert-OH is 2. The fourth-order valence-corrected chi connectivity index (χ4v) is 2.25. The third-order valence-electron chi connectivity index (χ3n) is 3.16. The van der Waals surface area contributed by atoms with Crippen molar-refractivity contribution >= 4 is 0 Å². The zero-order valence-electron chi connectivity index (χ0n) is 9.56. The number of hydrogen-bond acceptors (Lipinski definition) is 4. The molecule has 1 aromatic rings. The van der Waals surface area contributed by atoms with E-state index in [1.807, 2.05) is 24.3 Å². The van der Waals surface area contributed by atoms with Crippen molar-refractivity contribution < 1.29 is 10.2 Å². The van der Waals surface area contributed by atoms with E-state index in [-0.39, 0.29) is 6.42 Å². The van der Waals surface area contributed by atoms with E-state index in [0.717, 1.165) is 36.2 Å². The molecule has 0 fully saturated rings. The molecule has 4 nitrogen and oxygen atoms in total. The highest BCUT2D eigenvalue weighted by Gasteiger charge is 2.23. The van der Waals surface area contributed by atoms with Gasteiger partial charge in [0.25, 0.3) is 0 Å². The van der Waals surface area contributed by atoms with Crippen LogP contribution in [0.4, 0.5) is 0 Å². The van der Waals surface area contributed by atoms with E-state index < -0.39 is 12.2 Å². The van der Waals surface area contributed by atoms with Crippen LogP contribution in [-0.4, -0.2) is 22.9 Å². The van der Waals surface area contributed by atoms with Crippen LogP contribution >= 0.6 is 0 Å². The molecular formula is C13H16N2O2. The molecule has 0 aromatic heterocycles. The number of nitriles is 1. The lowest BCUT2D eigenvalue weighted by atomic mass is 9.90. The van der Waals surface area contributed by atoms with Gasteiger partial charge in [-0.25, -0.2) is 0 Å². The van der Waals surface area contributed by atoms with Crippen LogP contribution in [0.15, 0.2) is 18.2 Å². The number of hydrogen-bond donors (Lipinski definition) is 3. The molecule has 90 valence electrons. The van der Waals surface area contributed by atoms with E-state index >= 15 is 0 Å². The van der Waals surface area contributed by atoms with Crippen LogP contribution in [0.25, 0.3) is 0 Å². The summed E-state index contributed by atoms with van der Waals surface area (Å²) >= 11 is 0. The molecule has 0 spiro atoms. The fraction of sp³-hybridized carbons (Fsp3) is 0.462. The van der Waals surface area contributed by atoms with Crippen LogP contribution in [0.3, 0.4) is 0 Å². The van der Waals surface area contributed by atoms with Crippen molar-refractivity contribution in [1.29, 1.82) is 5.26 Å². The number of aliphatic hydroxyl groups is 2. The Morgan fingerprint density at radius 1 is 1.41 bits per heavy atom. The third-order valence-corrected chi connectivity index (χ3v) is 3.16. The smallest absolute Gasteiger partial charge is 0.106 e. The molecule has 4 heteroatoms. The normalized spacial score (nSPS) is 17.9. The van der Waals surface area contributed by atoms with Gasteiger partial charge in [0, 0.05) is 6.54 Å². The maximum atomic E-state index is 10.1. The minimum atomic E-state index is -1.01. The van der Waals surface area contributed by atoms with E-state index in [0.29, 0.717) is 0 Å². The number of benzene rings is 1.